The second-order valence-electron chi connectivity index (χ2n) is 18.7. The van der Waals surface area contributed by atoms with E-state index in [1.165, 1.54) is 48.6 Å². The molecule has 1 amide bonds. The minimum absolute atomic E-state index is 0.00406. The molecule has 6 aromatic rings. The van der Waals surface area contributed by atoms with E-state index < -0.39 is 38.1 Å². The number of hydrogen-bond donors (Lipinski definition) is 4. The Bertz CT molecular complexity index is 2860. The van der Waals surface area contributed by atoms with E-state index in [1.807, 2.05) is 11.0 Å². The Hall–Kier alpha value is -5.71. The minimum Gasteiger partial charge on any atom is -0.506 e. The molecule has 10 rings (SSSR count). The summed E-state index contributed by atoms with van der Waals surface area (Å²) in [6.45, 7) is 7.18. The van der Waals surface area contributed by atoms with Crippen LogP contribution in [0.1, 0.15) is 98.7 Å². The van der Waals surface area contributed by atoms with E-state index in [2.05, 4.69) is 63.0 Å². The van der Waals surface area contributed by atoms with Crippen LogP contribution >= 0.6 is 0 Å². The summed E-state index contributed by atoms with van der Waals surface area (Å²) >= 11 is 0. The average Bonchev–Trinajstić information content (AvgIpc) is 4.08. The van der Waals surface area contributed by atoms with E-state index in [1.54, 1.807) is 12.3 Å². The Morgan fingerprint density at radius 1 is 1.05 bits per heavy atom. The van der Waals surface area contributed by atoms with Gasteiger partial charge in [0, 0.05) is 86.9 Å². The van der Waals surface area contributed by atoms with Crippen LogP contribution in [0.5, 0.6) is 17.2 Å². The molecule has 4 N–H and O–H groups in total. The number of hydrogen-bond acceptors (Lipinski definition) is 11. The number of rotatable bonds is 12. The van der Waals surface area contributed by atoms with Crippen molar-refractivity contribution >= 4 is 49.3 Å². The molecule has 1 atom stereocenters. The standard InChI is InChI=1S/C49H54F2N6O7S/c1-30(2)34-6-3-4-7-35(34)39-8-5-16-57(39)32-26-48(27-32)11-17-56(18-12-48)40-24-42(64-33-22-31-9-15-52-46(31)53-28-33)37(23-38(40)50)47(59)55-65(60,61)43-25-41(58)44(45-36(43)10-19-63-45)54-29-49(51)13-20-62-21-14-49/h3-4,6-7,9-10,15,19,22-25,28,30,32,39,54,58H,5,8,11-14,16-18,20-21,26-27,29H2,1-2H3,(H,52,53)(H,55,59)/t39-/m0/s1. The number of aromatic amines is 1. The van der Waals surface area contributed by atoms with Crippen LogP contribution in [0.4, 0.5) is 20.2 Å². The van der Waals surface area contributed by atoms with Crippen molar-refractivity contribution in [1.82, 2.24) is 19.6 Å². The molecule has 1 saturated carbocycles. The number of nitrogens with one attached hydrogen (secondary N) is 3. The number of fused-ring (bicyclic) bond motifs is 2. The van der Waals surface area contributed by atoms with Crippen molar-refractivity contribution in [1.29, 1.82) is 0 Å². The fraction of sp³-hybridized carbons (Fsp3) is 0.429. The number of alkyl halides is 1. The van der Waals surface area contributed by atoms with Crippen molar-refractivity contribution in [3.05, 3.63) is 102 Å². The third kappa shape index (κ3) is 8.29. The molecule has 6 heterocycles. The normalized spacial score (nSPS) is 20.1. The maximum Gasteiger partial charge on any atom is 0.268 e. The maximum atomic E-state index is 16.4. The number of amides is 1. The van der Waals surface area contributed by atoms with Gasteiger partial charge in [-0.2, -0.15) is 0 Å². The van der Waals surface area contributed by atoms with Gasteiger partial charge in [-0.25, -0.2) is 26.9 Å². The monoisotopic (exact) mass is 908 g/mol. The fourth-order valence-corrected chi connectivity index (χ4v) is 11.9. The SMILES string of the molecule is CC(C)c1ccccc1[C@@H]1CCCN1C1CC2(CCN(c3cc(Oc4cnc5[nH]ccc5c4)c(C(=O)NS(=O)(=O)c4cc(O)c(NCC5(F)CCOCC5)c5occc45)cc3F)CC2)C1. The molecule has 13 nitrogen and oxygen atoms in total. The highest BCUT2D eigenvalue weighted by molar-refractivity contribution is 7.90. The molecule has 16 heteroatoms. The molecule has 1 aliphatic carbocycles. The van der Waals surface area contributed by atoms with Crippen LogP contribution in [-0.2, 0) is 14.8 Å². The number of pyridine rings is 1. The van der Waals surface area contributed by atoms with Gasteiger partial charge in [-0.05, 0) is 91.8 Å². The van der Waals surface area contributed by atoms with E-state index in [0.29, 0.717) is 36.7 Å². The zero-order chi connectivity index (χ0) is 45.1. The number of aromatic hydroxyl groups is 1. The Kier molecular flexibility index (Phi) is 11.3. The lowest BCUT2D eigenvalue weighted by Gasteiger charge is -2.56. The maximum absolute atomic E-state index is 16.4. The second-order valence-corrected chi connectivity index (χ2v) is 20.4. The van der Waals surface area contributed by atoms with Gasteiger partial charge in [0.25, 0.3) is 15.9 Å². The average molecular weight is 909 g/mol. The van der Waals surface area contributed by atoms with Crippen molar-refractivity contribution in [3.8, 4) is 17.2 Å². The summed E-state index contributed by atoms with van der Waals surface area (Å²) in [6, 6.07) is 18.1. The van der Waals surface area contributed by atoms with E-state index in [9.17, 15) is 18.3 Å². The molecule has 3 aromatic carbocycles. The predicted octanol–water partition coefficient (Wildman–Crippen LogP) is 9.70. The van der Waals surface area contributed by atoms with Gasteiger partial charge in [0.1, 0.15) is 45.0 Å². The number of benzene rings is 3. The predicted molar refractivity (Wildman–Crippen MR) is 244 cm³/mol. The Morgan fingerprint density at radius 2 is 1.83 bits per heavy atom. The Morgan fingerprint density at radius 3 is 2.62 bits per heavy atom. The molecule has 3 aromatic heterocycles. The number of carbonyl (C=O) groups is 1. The molecule has 0 radical (unpaired) electrons. The number of phenols is 1. The Labute approximate surface area is 376 Å². The van der Waals surface area contributed by atoms with Gasteiger partial charge in [0.05, 0.1) is 23.7 Å². The van der Waals surface area contributed by atoms with Crippen molar-refractivity contribution in [2.45, 2.75) is 93.8 Å². The molecule has 3 saturated heterocycles. The smallest absolute Gasteiger partial charge is 0.268 e. The number of H-pyrrole nitrogens is 1. The summed E-state index contributed by atoms with van der Waals surface area (Å²) < 4.78 is 79.1. The third-order valence-electron chi connectivity index (χ3n) is 14.3. The highest BCUT2D eigenvalue weighted by Gasteiger charge is 2.50. The first-order valence-corrected chi connectivity index (χ1v) is 24.1. The highest BCUT2D eigenvalue weighted by Crippen LogP contribution is 2.54. The van der Waals surface area contributed by atoms with Crippen LogP contribution in [-0.4, -0.2) is 85.4 Å². The largest absolute Gasteiger partial charge is 0.506 e. The number of nitrogens with zero attached hydrogens (tertiary/aromatic N) is 3. The first-order valence-electron chi connectivity index (χ1n) is 22.6. The van der Waals surface area contributed by atoms with Crippen molar-refractivity contribution in [2.75, 3.05) is 49.6 Å². The van der Waals surface area contributed by atoms with Crippen LogP contribution in [0, 0.1) is 11.2 Å². The third-order valence-corrected chi connectivity index (χ3v) is 15.7. The lowest BCUT2D eigenvalue weighted by Crippen LogP contribution is -2.55. The quantitative estimate of drug-likeness (QED) is 0.0866. The highest BCUT2D eigenvalue weighted by atomic mass is 32.2. The first kappa shape index (κ1) is 43.2. The van der Waals surface area contributed by atoms with Gasteiger partial charge in [-0.1, -0.05) is 38.1 Å². The number of carbonyl (C=O) groups excluding carboxylic acids is 1. The minimum atomic E-state index is -4.74. The molecule has 4 aliphatic rings. The number of phenolic OH excluding ortho intramolecular Hbond substituents is 1. The summed E-state index contributed by atoms with van der Waals surface area (Å²) in [5.74, 6) is -1.75. The first-order chi connectivity index (χ1) is 31.3. The van der Waals surface area contributed by atoms with E-state index in [4.69, 9.17) is 13.9 Å². The number of likely N-dealkylation sites (tertiary alicyclic amines) is 1. The zero-order valence-electron chi connectivity index (χ0n) is 36.5. The number of piperidine rings is 1. The number of halogens is 2. The topological polar surface area (TPSA) is 162 Å². The van der Waals surface area contributed by atoms with Crippen molar-refractivity contribution < 1.29 is 41.0 Å². The molecule has 4 fully saturated rings. The molecule has 65 heavy (non-hydrogen) atoms. The van der Waals surface area contributed by atoms with Gasteiger partial charge >= 0.3 is 0 Å². The summed E-state index contributed by atoms with van der Waals surface area (Å²) in [7, 11) is -4.74. The molecular weight excluding hydrogens is 855 g/mol. The fourth-order valence-electron chi connectivity index (χ4n) is 10.7. The lowest BCUT2D eigenvalue weighted by atomic mass is 9.59. The number of anilines is 2. The number of aromatic nitrogens is 2. The number of ether oxygens (including phenoxy) is 2. The molecule has 342 valence electrons. The van der Waals surface area contributed by atoms with Crippen molar-refractivity contribution in [2.24, 2.45) is 5.41 Å². The lowest BCUT2D eigenvalue weighted by molar-refractivity contribution is -0.0228. The summed E-state index contributed by atoms with van der Waals surface area (Å²) in [4.78, 5) is 25.8. The van der Waals surface area contributed by atoms with E-state index >= 15 is 8.78 Å². The molecule has 0 bridgehead atoms. The molecule has 3 aliphatic heterocycles. The van der Waals surface area contributed by atoms with E-state index in [-0.39, 0.29) is 77.4 Å². The van der Waals surface area contributed by atoms with Crippen LogP contribution < -0.4 is 19.7 Å². The number of sulfonamides is 1. The van der Waals surface area contributed by atoms with E-state index in [0.717, 1.165) is 49.7 Å². The van der Waals surface area contributed by atoms with Gasteiger partial charge < -0.3 is 34.2 Å². The summed E-state index contributed by atoms with van der Waals surface area (Å²) in [5, 5.41) is 14.7. The zero-order valence-corrected chi connectivity index (χ0v) is 37.4. The van der Waals surface area contributed by atoms with Crippen molar-refractivity contribution in [3.63, 3.8) is 0 Å². The van der Waals surface area contributed by atoms with Gasteiger partial charge in [0.15, 0.2) is 5.58 Å². The van der Waals surface area contributed by atoms with Gasteiger partial charge in [-0.15, -0.1) is 0 Å². The van der Waals surface area contributed by atoms with Gasteiger partial charge in [-0.3, -0.25) is 9.69 Å². The summed E-state index contributed by atoms with van der Waals surface area (Å²) in [6.07, 6.45) is 11.1. The summed E-state index contributed by atoms with van der Waals surface area (Å²) in [5.41, 5.74) is 1.91. The second kappa shape index (κ2) is 16.9. The van der Waals surface area contributed by atoms with Crippen LogP contribution in [0.25, 0.3) is 22.0 Å². The van der Waals surface area contributed by atoms with Crippen LogP contribution in [0.15, 0.2) is 88.6 Å². The molecule has 1 spiro atoms. The Balaban J connectivity index is 0.880. The van der Waals surface area contributed by atoms with Gasteiger partial charge in [0.2, 0.25) is 0 Å². The van der Waals surface area contributed by atoms with Crippen LogP contribution in [0.2, 0.25) is 0 Å². The molecule has 0 unspecified atom stereocenters. The number of furan rings is 1. The van der Waals surface area contributed by atoms with Crippen LogP contribution in [0.3, 0.4) is 0 Å². The molecular formula is C49H54F2N6O7S.